The van der Waals surface area contributed by atoms with Crippen molar-refractivity contribution >= 4 is 11.4 Å². The number of nitrogens with zero attached hydrogens (tertiary/aromatic N) is 3. The van der Waals surface area contributed by atoms with Crippen LogP contribution in [0.15, 0.2) is 30.6 Å². The first-order valence-corrected chi connectivity index (χ1v) is 6.59. The van der Waals surface area contributed by atoms with Gasteiger partial charge in [0.05, 0.1) is 6.54 Å². The number of alkyl halides is 2. The Labute approximate surface area is 115 Å². The van der Waals surface area contributed by atoms with Crippen molar-refractivity contribution in [1.82, 2.24) is 9.55 Å². The Morgan fingerprint density at radius 1 is 1.35 bits per heavy atom. The highest BCUT2D eigenvalue weighted by molar-refractivity contribution is 5.66. The fraction of sp³-hybridized carbons (Fsp3) is 0.357. The summed E-state index contributed by atoms with van der Waals surface area (Å²) in [5.74, 6) is 0.371. The number of rotatable bonds is 3. The fourth-order valence-corrected chi connectivity index (χ4v) is 2.71. The normalized spacial score (nSPS) is 14.7. The van der Waals surface area contributed by atoms with Crippen molar-refractivity contribution in [2.75, 3.05) is 17.2 Å². The Hall–Kier alpha value is -2.11. The summed E-state index contributed by atoms with van der Waals surface area (Å²) in [7, 11) is 0. The first-order valence-electron chi connectivity index (χ1n) is 6.59. The zero-order valence-corrected chi connectivity index (χ0v) is 11.0. The third-order valence-corrected chi connectivity index (χ3v) is 3.67. The molecule has 20 heavy (non-hydrogen) atoms. The van der Waals surface area contributed by atoms with Crippen LogP contribution in [0.3, 0.4) is 0 Å². The van der Waals surface area contributed by atoms with Crippen molar-refractivity contribution in [3.63, 3.8) is 0 Å². The number of hydrogen-bond donors (Lipinski definition) is 1. The monoisotopic (exact) mass is 278 g/mol. The van der Waals surface area contributed by atoms with Gasteiger partial charge in [-0.3, -0.25) is 4.57 Å². The molecule has 6 heteroatoms. The van der Waals surface area contributed by atoms with Gasteiger partial charge in [-0.2, -0.15) is 8.78 Å². The number of fused-ring (bicyclic) bond motifs is 1. The number of hydrogen-bond acceptors (Lipinski definition) is 3. The Morgan fingerprint density at radius 3 is 3.00 bits per heavy atom. The quantitative estimate of drug-likeness (QED) is 0.878. The predicted molar refractivity (Wildman–Crippen MR) is 73.7 cm³/mol. The summed E-state index contributed by atoms with van der Waals surface area (Å²) < 4.78 is 26.6. The van der Waals surface area contributed by atoms with E-state index >= 15 is 0 Å². The average Bonchev–Trinajstić information content (AvgIpc) is 2.88. The SMILES string of the molecule is Nc1cccc2c1CCCN2Cc1nccn1C(F)F. The van der Waals surface area contributed by atoms with E-state index in [4.69, 9.17) is 5.73 Å². The minimum Gasteiger partial charge on any atom is -0.398 e. The Kier molecular flexibility index (Phi) is 3.30. The maximum Gasteiger partial charge on any atom is 0.319 e. The molecule has 0 saturated heterocycles. The van der Waals surface area contributed by atoms with E-state index in [1.165, 1.54) is 12.4 Å². The van der Waals surface area contributed by atoms with Gasteiger partial charge in [-0.15, -0.1) is 0 Å². The summed E-state index contributed by atoms with van der Waals surface area (Å²) in [6.07, 6.45) is 4.62. The molecule has 1 aliphatic heterocycles. The van der Waals surface area contributed by atoms with Crippen LogP contribution < -0.4 is 10.6 Å². The second-order valence-electron chi connectivity index (χ2n) is 4.90. The summed E-state index contributed by atoms with van der Waals surface area (Å²) in [5.41, 5.74) is 8.89. The molecular formula is C14H16F2N4. The molecule has 0 spiro atoms. The standard InChI is InChI=1S/C14H16F2N4/c15-14(16)20-8-6-18-13(20)9-19-7-2-3-10-11(17)4-1-5-12(10)19/h1,4-6,8,14H,2-3,7,9,17H2. The van der Waals surface area contributed by atoms with Crippen LogP contribution in [-0.2, 0) is 13.0 Å². The lowest BCUT2D eigenvalue weighted by Crippen LogP contribution is -2.30. The lowest BCUT2D eigenvalue weighted by molar-refractivity contribution is 0.0669. The molecule has 1 aromatic heterocycles. The van der Waals surface area contributed by atoms with E-state index in [9.17, 15) is 8.78 Å². The van der Waals surface area contributed by atoms with E-state index in [1.807, 2.05) is 18.2 Å². The molecule has 0 bridgehead atoms. The van der Waals surface area contributed by atoms with Crippen LogP contribution in [0.2, 0.25) is 0 Å². The minimum absolute atomic E-state index is 0.369. The Balaban J connectivity index is 1.90. The molecule has 4 nitrogen and oxygen atoms in total. The number of benzene rings is 1. The van der Waals surface area contributed by atoms with Gasteiger partial charge in [0.2, 0.25) is 0 Å². The van der Waals surface area contributed by atoms with Gasteiger partial charge < -0.3 is 10.6 Å². The van der Waals surface area contributed by atoms with Crippen LogP contribution in [0.25, 0.3) is 0 Å². The highest BCUT2D eigenvalue weighted by Crippen LogP contribution is 2.32. The minimum atomic E-state index is -2.56. The lowest BCUT2D eigenvalue weighted by atomic mass is 10.00. The summed E-state index contributed by atoms with van der Waals surface area (Å²) in [6.45, 7) is -1.36. The van der Waals surface area contributed by atoms with Crippen molar-refractivity contribution in [3.8, 4) is 0 Å². The fourth-order valence-electron chi connectivity index (χ4n) is 2.71. The van der Waals surface area contributed by atoms with E-state index in [1.54, 1.807) is 0 Å². The van der Waals surface area contributed by atoms with Crippen LogP contribution in [0, 0.1) is 0 Å². The molecule has 2 aromatic rings. The van der Waals surface area contributed by atoms with Crippen LogP contribution in [0.5, 0.6) is 0 Å². The second kappa shape index (κ2) is 5.11. The predicted octanol–water partition coefficient (Wildman–Crippen LogP) is 2.81. The molecule has 1 aliphatic rings. The average molecular weight is 278 g/mol. The van der Waals surface area contributed by atoms with Gasteiger partial charge in [-0.05, 0) is 30.5 Å². The Bertz CT molecular complexity index is 609. The number of halogens is 2. The zero-order valence-electron chi connectivity index (χ0n) is 11.0. The van der Waals surface area contributed by atoms with Gasteiger partial charge in [0, 0.05) is 30.3 Å². The molecule has 106 valence electrons. The molecule has 0 saturated carbocycles. The highest BCUT2D eigenvalue weighted by Gasteiger charge is 2.21. The van der Waals surface area contributed by atoms with Crippen LogP contribution in [0.1, 0.15) is 24.4 Å². The van der Waals surface area contributed by atoms with Crippen LogP contribution in [0.4, 0.5) is 20.2 Å². The van der Waals surface area contributed by atoms with Crippen molar-refractivity contribution in [2.24, 2.45) is 0 Å². The summed E-state index contributed by atoms with van der Waals surface area (Å²) >= 11 is 0. The molecule has 0 unspecified atom stereocenters. The van der Waals surface area contributed by atoms with Crippen molar-refractivity contribution < 1.29 is 8.78 Å². The Morgan fingerprint density at radius 2 is 2.20 bits per heavy atom. The number of nitrogen functional groups attached to an aromatic ring is 1. The number of nitrogens with two attached hydrogens (primary N) is 1. The van der Waals surface area contributed by atoms with Gasteiger partial charge in [0.1, 0.15) is 5.82 Å². The molecule has 3 rings (SSSR count). The topological polar surface area (TPSA) is 47.1 Å². The van der Waals surface area contributed by atoms with E-state index < -0.39 is 6.55 Å². The van der Waals surface area contributed by atoms with Crippen LogP contribution in [-0.4, -0.2) is 16.1 Å². The molecule has 0 fully saturated rings. The third kappa shape index (κ3) is 2.21. The molecular weight excluding hydrogens is 262 g/mol. The van der Waals surface area contributed by atoms with Gasteiger partial charge in [-0.25, -0.2) is 4.98 Å². The van der Waals surface area contributed by atoms with E-state index in [2.05, 4.69) is 9.88 Å². The van der Waals surface area contributed by atoms with E-state index in [0.29, 0.717) is 12.4 Å². The van der Waals surface area contributed by atoms with Gasteiger partial charge in [0.25, 0.3) is 0 Å². The number of anilines is 2. The van der Waals surface area contributed by atoms with E-state index in [-0.39, 0.29) is 0 Å². The molecule has 2 N–H and O–H groups in total. The van der Waals surface area contributed by atoms with Crippen LogP contribution >= 0.6 is 0 Å². The molecule has 2 heterocycles. The first-order chi connectivity index (χ1) is 9.66. The molecule has 0 radical (unpaired) electrons. The maximum absolute atomic E-state index is 12.9. The number of imidazole rings is 1. The van der Waals surface area contributed by atoms with Gasteiger partial charge in [0.15, 0.2) is 0 Å². The summed E-state index contributed by atoms with van der Waals surface area (Å²) in [6, 6.07) is 5.76. The van der Waals surface area contributed by atoms with Gasteiger partial charge >= 0.3 is 6.55 Å². The second-order valence-corrected chi connectivity index (χ2v) is 4.90. The maximum atomic E-state index is 12.9. The largest absolute Gasteiger partial charge is 0.398 e. The van der Waals surface area contributed by atoms with Crippen molar-refractivity contribution in [1.29, 1.82) is 0 Å². The highest BCUT2D eigenvalue weighted by atomic mass is 19.3. The third-order valence-electron chi connectivity index (χ3n) is 3.67. The van der Waals surface area contributed by atoms with Crippen molar-refractivity contribution in [3.05, 3.63) is 42.0 Å². The summed E-state index contributed by atoms with van der Waals surface area (Å²) in [5, 5.41) is 0. The lowest BCUT2D eigenvalue weighted by Gasteiger charge is -2.31. The smallest absolute Gasteiger partial charge is 0.319 e. The first kappa shape index (κ1) is 12.9. The zero-order chi connectivity index (χ0) is 14.1. The molecule has 0 atom stereocenters. The molecule has 0 amide bonds. The van der Waals surface area contributed by atoms with Crippen molar-refractivity contribution in [2.45, 2.75) is 25.9 Å². The number of aromatic nitrogens is 2. The van der Waals surface area contributed by atoms with Gasteiger partial charge in [-0.1, -0.05) is 6.07 Å². The summed E-state index contributed by atoms with van der Waals surface area (Å²) in [4.78, 5) is 6.10. The van der Waals surface area contributed by atoms with E-state index in [0.717, 1.165) is 40.9 Å². The molecule has 0 aliphatic carbocycles. The molecule has 1 aromatic carbocycles.